The van der Waals surface area contributed by atoms with Gasteiger partial charge in [0.25, 0.3) is 0 Å². The second-order valence-corrected chi connectivity index (χ2v) is 4.71. The Morgan fingerprint density at radius 3 is 2.50 bits per heavy atom. The SMILES string of the molecule is CC(=O)Cc1cncc(C(C)(C)C)c1. The molecular formula is C12H17NO. The highest BCUT2D eigenvalue weighted by molar-refractivity contribution is 5.78. The molecule has 0 bridgehead atoms. The van der Waals surface area contributed by atoms with Gasteiger partial charge in [-0.15, -0.1) is 0 Å². The molecule has 1 rings (SSSR count). The van der Waals surface area contributed by atoms with Crippen LogP contribution in [0.25, 0.3) is 0 Å². The lowest BCUT2D eigenvalue weighted by molar-refractivity contribution is -0.116. The third-order valence-electron chi connectivity index (χ3n) is 2.11. The fraction of sp³-hybridized carbons (Fsp3) is 0.500. The second kappa shape index (κ2) is 3.91. The molecule has 1 heterocycles. The summed E-state index contributed by atoms with van der Waals surface area (Å²) in [5.41, 5.74) is 2.28. The molecule has 14 heavy (non-hydrogen) atoms. The maximum atomic E-state index is 10.9. The van der Waals surface area contributed by atoms with Gasteiger partial charge in [0.15, 0.2) is 0 Å². The first-order valence-corrected chi connectivity index (χ1v) is 4.83. The number of Topliss-reactive ketones (excluding diaryl/α,β-unsaturated/α-hetero) is 1. The van der Waals surface area contributed by atoms with Gasteiger partial charge in [-0.3, -0.25) is 9.78 Å². The molecule has 0 amide bonds. The van der Waals surface area contributed by atoms with E-state index < -0.39 is 0 Å². The zero-order valence-corrected chi connectivity index (χ0v) is 9.29. The van der Waals surface area contributed by atoms with Crippen LogP contribution in [-0.2, 0) is 16.6 Å². The molecule has 0 atom stereocenters. The van der Waals surface area contributed by atoms with E-state index in [-0.39, 0.29) is 11.2 Å². The summed E-state index contributed by atoms with van der Waals surface area (Å²) in [5, 5.41) is 0. The summed E-state index contributed by atoms with van der Waals surface area (Å²) in [6.07, 6.45) is 4.11. The predicted molar refractivity (Wildman–Crippen MR) is 57.3 cm³/mol. The number of nitrogens with zero attached hydrogens (tertiary/aromatic N) is 1. The minimum atomic E-state index is 0.0970. The van der Waals surface area contributed by atoms with Crippen molar-refractivity contribution in [2.24, 2.45) is 0 Å². The fourth-order valence-electron chi connectivity index (χ4n) is 1.28. The van der Waals surface area contributed by atoms with Gasteiger partial charge in [-0.2, -0.15) is 0 Å². The topological polar surface area (TPSA) is 30.0 Å². The standard InChI is InChI=1S/C12H17NO/c1-9(14)5-10-6-11(8-13-7-10)12(2,3)4/h6-8H,5H2,1-4H3. The summed E-state index contributed by atoms with van der Waals surface area (Å²) in [5.74, 6) is 0.179. The molecule has 0 spiro atoms. The Bertz CT molecular complexity index is 336. The third kappa shape index (κ3) is 2.95. The summed E-state index contributed by atoms with van der Waals surface area (Å²) in [7, 11) is 0. The van der Waals surface area contributed by atoms with Crippen molar-refractivity contribution in [2.45, 2.75) is 39.5 Å². The number of aromatic nitrogens is 1. The fourth-order valence-corrected chi connectivity index (χ4v) is 1.28. The number of hydrogen-bond donors (Lipinski definition) is 0. The van der Waals surface area contributed by atoms with Crippen LogP contribution in [0.2, 0.25) is 0 Å². The Kier molecular flexibility index (Phi) is 3.04. The highest BCUT2D eigenvalue weighted by Gasteiger charge is 2.14. The van der Waals surface area contributed by atoms with Crippen LogP contribution in [0.1, 0.15) is 38.8 Å². The average Bonchev–Trinajstić information content (AvgIpc) is 2.01. The highest BCUT2D eigenvalue weighted by Crippen LogP contribution is 2.21. The van der Waals surface area contributed by atoms with Gasteiger partial charge in [0.1, 0.15) is 5.78 Å². The Hall–Kier alpha value is -1.18. The van der Waals surface area contributed by atoms with Crippen LogP contribution in [0.5, 0.6) is 0 Å². The third-order valence-corrected chi connectivity index (χ3v) is 2.11. The molecule has 0 aliphatic carbocycles. The van der Waals surface area contributed by atoms with Gasteiger partial charge in [0, 0.05) is 18.8 Å². The number of carbonyl (C=O) groups is 1. The molecule has 0 aromatic carbocycles. The van der Waals surface area contributed by atoms with Crippen molar-refractivity contribution >= 4 is 5.78 Å². The van der Waals surface area contributed by atoms with E-state index in [0.717, 1.165) is 5.56 Å². The monoisotopic (exact) mass is 191 g/mol. The molecule has 1 aromatic rings. The van der Waals surface area contributed by atoms with Crippen molar-refractivity contribution < 1.29 is 4.79 Å². The Labute approximate surface area is 85.4 Å². The van der Waals surface area contributed by atoms with Crippen LogP contribution >= 0.6 is 0 Å². The van der Waals surface area contributed by atoms with Gasteiger partial charge in [0.2, 0.25) is 0 Å². The van der Waals surface area contributed by atoms with E-state index in [2.05, 4.69) is 31.8 Å². The van der Waals surface area contributed by atoms with E-state index in [1.807, 2.05) is 6.20 Å². The lowest BCUT2D eigenvalue weighted by atomic mass is 9.87. The number of rotatable bonds is 2. The first kappa shape index (κ1) is 10.9. The van der Waals surface area contributed by atoms with E-state index in [9.17, 15) is 4.79 Å². The van der Waals surface area contributed by atoms with Gasteiger partial charge < -0.3 is 0 Å². The van der Waals surface area contributed by atoms with E-state index in [1.165, 1.54) is 5.56 Å². The first-order valence-electron chi connectivity index (χ1n) is 4.83. The quantitative estimate of drug-likeness (QED) is 0.719. The maximum absolute atomic E-state index is 10.9. The summed E-state index contributed by atoms with van der Waals surface area (Å²) < 4.78 is 0. The molecule has 0 aliphatic rings. The minimum Gasteiger partial charge on any atom is -0.300 e. The van der Waals surface area contributed by atoms with Crippen molar-refractivity contribution in [2.75, 3.05) is 0 Å². The van der Waals surface area contributed by atoms with Gasteiger partial charge in [-0.1, -0.05) is 26.8 Å². The highest BCUT2D eigenvalue weighted by atomic mass is 16.1. The summed E-state index contributed by atoms with van der Waals surface area (Å²) in [6.45, 7) is 8.02. The minimum absolute atomic E-state index is 0.0970. The number of hydrogen-bond acceptors (Lipinski definition) is 2. The van der Waals surface area contributed by atoms with Crippen LogP contribution in [0.4, 0.5) is 0 Å². The molecule has 0 radical (unpaired) electrons. The number of pyridine rings is 1. The van der Waals surface area contributed by atoms with Crippen molar-refractivity contribution in [1.82, 2.24) is 4.98 Å². The van der Waals surface area contributed by atoms with Gasteiger partial charge in [-0.25, -0.2) is 0 Å². The van der Waals surface area contributed by atoms with Crippen molar-refractivity contribution in [1.29, 1.82) is 0 Å². The number of carbonyl (C=O) groups excluding carboxylic acids is 1. The average molecular weight is 191 g/mol. The largest absolute Gasteiger partial charge is 0.300 e. The molecule has 2 heteroatoms. The van der Waals surface area contributed by atoms with Gasteiger partial charge in [0.05, 0.1) is 0 Å². The molecule has 0 N–H and O–H groups in total. The van der Waals surface area contributed by atoms with E-state index in [0.29, 0.717) is 6.42 Å². The van der Waals surface area contributed by atoms with Crippen molar-refractivity contribution in [3.8, 4) is 0 Å². The van der Waals surface area contributed by atoms with Crippen LogP contribution in [0.3, 0.4) is 0 Å². The molecule has 76 valence electrons. The zero-order chi connectivity index (χ0) is 10.8. The zero-order valence-electron chi connectivity index (χ0n) is 9.29. The number of ketones is 1. The summed E-state index contributed by atoms with van der Waals surface area (Å²) in [6, 6.07) is 2.06. The summed E-state index contributed by atoms with van der Waals surface area (Å²) >= 11 is 0. The molecular weight excluding hydrogens is 174 g/mol. The van der Waals surface area contributed by atoms with Crippen molar-refractivity contribution in [3.05, 3.63) is 29.6 Å². The summed E-state index contributed by atoms with van der Waals surface area (Å²) in [4.78, 5) is 15.1. The maximum Gasteiger partial charge on any atom is 0.134 e. The predicted octanol–water partition coefficient (Wildman–Crippen LogP) is 2.51. The molecule has 0 saturated heterocycles. The van der Waals surface area contributed by atoms with Crippen LogP contribution in [-0.4, -0.2) is 10.8 Å². The van der Waals surface area contributed by atoms with E-state index in [1.54, 1.807) is 13.1 Å². The van der Waals surface area contributed by atoms with Gasteiger partial charge >= 0.3 is 0 Å². The van der Waals surface area contributed by atoms with E-state index in [4.69, 9.17) is 0 Å². The first-order chi connectivity index (χ1) is 6.39. The molecule has 1 aromatic heterocycles. The van der Waals surface area contributed by atoms with Crippen LogP contribution in [0, 0.1) is 0 Å². The van der Waals surface area contributed by atoms with E-state index >= 15 is 0 Å². The Morgan fingerprint density at radius 1 is 1.36 bits per heavy atom. The van der Waals surface area contributed by atoms with Crippen molar-refractivity contribution in [3.63, 3.8) is 0 Å². The Balaban J connectivity index is 2.95. The molecule has 2 nitrogen and oxygen atoms in total. The van der Waals surface area contributed by atoms with Gasteiger partial charge in [-0.05, 0) is 23.5 Å². The second-order valence-electron chi connectivity index (χ2n) is 4.71. The molecule has 0 fully saturated rings. The van der Waals surface area contributed by atoms with Crippen LogP contribution in [0.15, 0.2) is 18.5 Å². The van der Waals surface area contributed by atoms with Crippen LogP contribution < -0.4 is 0 Å². The normalized spacial score (nSPS) is 11.4. The molecule has 0 aliphatic heterocycles. The molecule has 0 saturated carbocycles. The lowest BCUT2D eigenvalue weighted by Crippen LogP contribution is -2.12. The smallest absolute Gasteiger partial charge is 0.134 e. The Morgan fingerprint density at radius 2 is 2.00 bits per heavy atom. The molecule has 0 unspecified atom stereocenters. The lowest BCUT2D eigenvalue weighted by Gasteiger charge is -2.18.